The Morgan fingerprint density at radius 1 is 1.05 bits per heavy atom. The number of unbranched alkanes of at least 4 members (excludes halogenated alkanes) is 2. The molecule has 108 valence electrons. The fourth-order valence-corrected chi connectivity index (χ4v) is 3.36. The van der Waals surface area contributed by atoms with Crippen LogP contribution >= 0.6 is 0 Å². The molecule has 0 spiro atoms. The van der Waals surface area contributed by atoms with Gasteiger partial charge in [0.25, 0.3) is 0 Å². The lowest BCUT2D eigenvalue weighted by Gasteiger charge is -2.28. The molecular weight excluding hydrogens is 247 g/mol. The van der Waals surface area contributed by atoms with Gasteiger partial charge in [-0.15, -0.1) is 4.39 Å². The predicted molar refractivity (Wildman–Crippen MR) is 83.3 cm³/mol. The van der Waals surface area contributed by atoms with Gasteiger partial charge in [-0.1, -0.05) is 44.7 Å². The van der Waals surface area contributed by atoms with Crippen molar-refractivity contribution in [3.05, 3.63) is 35.4 Å². The van der Waals surface area contributed by atoms with E-state index in [1.807, 2.05) is 12.1 Å². The first-order valence-corrected chi connectivity index (χ1v) is 8.05. The Balaban J connectivity index is 1.82. The van der Waals surface area contributed by atoms with E-state index < -0.39 is 0 Å². The molecule has 1 aromatic rings. The van der Waals surface area contributed by atoms with E-state index >= 15 is 0 Å². The molecule has 0 unspecified atom stereocenters. The largest absolute Gasteiger partial charge is 0.144 e. The van der Waals surface area contributed by atoms with E-state index in [9.17, 15) is 4.39 Å². The minimum absolute atomic E-state index is 0.699. The first kappa shape index (κ1) is 15.1. The maximum absolute atomic E-state index is 11.9. The second kappa shape index (κ2) is 8.10. The number of halogens is 1. The molecule has 1 heteroatoms. The maximum Gasteiger partial charge on any atom is 0.111 e. The third kappa shape index (κ3) is 4.37. The maximum atomic E-state index is 11.9. The Kier molecular flexibility index (Phi) is 6.12. The van der Waals surface area contributed by atoms with Gasteiger partial charge in [0.15, 0.2) is 0 Å². The standard InChI is InChI=1S/C19H25F/c1-2-3-4-5-16-6-10-18(11-7-16)19-12-8-17(9-13-19)14-15-20/h8-9,12-13,16,18H,2-7,10-11H2,1H3/t16-,18-. The minimum atomic E-state index is 0.699. The molecule has 1 saturated carbocycles. The number of rotatable bonds is 5. The Labute approximate surface area is 122 Å². The summed E-state index contributed by atoms with van der Waals surface area (Å²) < 4.78 is 11.9. The van der Waals surface area contributed by atoms with Crippen LogP contribution in [0, 0.1) is 18.0 Å². The zero-order valence-electron chi connectivity index (χ0n) is 12.5. The smallest absolute Gasteiger partial charge is 0.111 e. The molecule has 1 aromatic carbocycles. The van der Waals surface area contributed by atoms with Crippen LogP contribution in [0.2, 0.25) is 0 Å². The summed E-state index contributed by atoms with van der Waals surface area (Å²) in [5.41, 5.74) is 2.17. The van der Waals surface area contributed by atoms with Crippen LogP contribution in [0.15, 0.2) is 24.3 Å². The van der Waals surface area contributed by atoms with Crippen LogP contribution < -0.4 is 0 Å². The summed E-state index contributed by atoms with van der Waals surface area (Å²) in [6.45, 7) is 2.27. The highest BCUT2D eigenvalue weighted by atomic mass is 19.1. The highest BCUT2D eigenvalue weighted by molar-refractivity contribution is 5.36. The first-order valence-electron chi connectivity index (χ1n) is 8.05. The van der Waals surface area contributed by atoms with Crippen molar-refractivity contribution in [2.75, 3.05) is 0 Å². The second-order valence-electron chi connectivity index (χ2n) is 6.05. The number of hydrogen-bond acceptors (Lipinski definition) is 0. The average molecular weight is 272 g/mol. The number of benzene rings is 1. The summed E-state index contributed by atoms with van der Waals surface area (Å²) in [5.74, 6) is 4.11. The number of hydrogen-bond donors (Lipinski definition) is 0. The van der Waals surface area contributed by atoms with Gasteiger partial charge in [0.2, 0.25) is 0 Å². The molecule has 1 aliphatic carbocycles. The molecular formula is C19H25F. The van der Waals surface area contributed by atoms with E-state index in [1.54, 1.807) is 0 Å². The lowest BCUT2D eigenvalue weighted by molar-refractivity contribution is 0.303. The van der Waals surface area contributed by atoms with Crippen LogP contribution in [0.5, 0.6) is 0 Å². The molecule has 20 heavy (non-hydrogen) atoms. The van der Waals surface area contributed by atoms with Crippen LogP contribution in [-0.4, -0.2) is 0 Å². The van der Waals surface area contributed by atoms with Gasteiger partial charge >= 0.3 is 0 Å². The van der Waals surface area contributed by atoms with Gasteiger partial charge in [0, 0.05) is 5.56 Å². The fourth-order valence-electron chi connectivity index (χ4n) is 3.36. The van der Waals surface area contributed by atoms with Gasteiger partial charge in [-0.3, -0.25) is 0 Å². The molecule has 0 aliphatic heterocycles. The highest BCUT2D eigenvalue weighted by Crippen LogP contribution is 2.37. The van der Waals surface area contributed by atoms with Gasteiger partial charge in [-0.25, -0.2) is 0 Å². The zero-order chi connectivity index (χ0) is 14.2. The molecule has 0 N–H and O–H groups in total. The molecule has 0 heterocycles. The molecule has 0 bridgehead atoms. The Bertz CT molecular complexity index is 441. The molecule has 0 atom stereocenters. The van der Waals surface area contributed by atoms with Gasteiger partial charge < -0.3 is 0 Å². The van der Waals surface area contributed by atoms with Crippen LogP contribution in [0.1, 0.15) is 75.3 Å². The summed E-state index contributed by atoms with van der Waals surface area (Å²) in [4.78, 5) is 0. The SMILES string of the molecule is CCCCC[C@H]1CC[C@H](c2ccc(C#CF)cc2)CC1. The molecule has 0 saturated heterocycles. The lowest BCUT2D eigenvalue weighted by Crippen LogP contribution is -2.13. The topological polar surface area (TPSA) is 0 Å². The third-order valence-corrected chi connectivity index (χ3v) is 4.64. The van der Waals surface area contributed by atoms with Crippen molar-refractivity contribution in [3.8, 4) is 12.1 Å². The van der Waals surface area contributed by atoms with E-state index in [4.69, 9.17) is 0 Å². The van der Waals surface area contributed by atoms with Gasteiger partial charge in [0.05, 0.1) is 0 Å². The van der Waals surface area contributed by atoms with Gasteiger partial charge in [-0.05, 0) is 61.1 Å². The van der Waals surface area contributed by atoms with Crippen molar-refractivity contribution in [2.24, 2.45) is 5.92 Å². The van der Waals surface area contributed by atoms with Gasteiger partial charge in [-0.2, -0.15) is 0 Å². The summed E-state index contributed by atoms with van der Waals surface area (Å²) in [7, 11) is 0. The molecule has 0 radical (unpaired) electrons. The van der Waals surface area contributed by atoms with E-state index in [2.05, 4.69) is 25.0 Å². The quantitative estimate of drug-likeness (QED) is 0.468. The summed E-state index contributed by atoms with van der Waals surface area (Å²) >= 11 is 0. The van der Waals surface area contributed by atoms with E-state index in [1.165, 1.54) is 63.1 Å². The first-order chi connectivity index (χ1) is 9.83. The molecule has 0 aromatic heterocycles. The fraction of sp³-hybridized carbons (Fsp3) is 0.579. The minimum Gasteiger partial charge on any atom is -0.144 e. The van der Waals surface area contributed by atoms with Crippen molar-refractivity contribution >= 4 is 0 Å². The molecule has 0 amide bonds. The highest BCUT2D eigenvalue weighted by Gasteiger charge is 2.21. The Morgan fingerprint density at radius 2 is 1.75 bits per heavy atom. The molecule has 2 rings (SSSR count). The monoisotopic (exact) mass is 272 g/mol. The molecule has 1 aliphatic rings. The summed E-state index contributed by atoms with van der Waals surface area (Å²) in [5, 5.41) is 0. The molecule has 1 fully saturated rings. The lowest BCUT2D eigenvalue weighted by atomic mass is 9.77. The second-order valence-corrected chi connectivity index (χ2v) is 6.05. The predicted octanol–water partition coefficient (Wildman–Crippen LogP) is 5.82. The van der Waals surface area contributed by atoms with Crippen LogP contribution in [0.25, 0.3) is 0 Å². The third-order valence-electron chi connectivity index (χ3n) is 4.64. The van der Waals surface area contributed by atoms with Crippen LogP contribution in [0.3, 0.4) is 0 Å². The zero-order valence-corrected chi connectivity index (χ0v) is 12.5. The van der Waals surface area contributed by atoms with Gasteiger partial charge in [0.1, 0.15) is 6.17 Å². The van der Waals surface area contributed by atoms with E-state index in [-0.39, 0.29) is 0 Å². The molecule has 0 nitrogen and oxygen atoms in total. The summed E-state index contributed by atoms with van der Waals surface area (Å²) in [6.07, 6.45) is 12.4. The van der Waals surface area contributed by atoms with Crippen molar-refractivity contribution in [1.82, 2.24) is 0 Å². The van der Waals surface area contributed by atoms with E-state index in [0.29, 0.717) is 5.92 Å². The normalized spacial score (nSPS) is 22.1. The van der Waals surface area contributed by atoms with Crippen molar-refractivity contribution < 1.29 is 4.39 Å². The van der Waals surface area contributed by atoms with Crippen molar-refractivity contribution in [1.29, 1.82) is 0 Å². The van der Waals surface area contributed by atoms with Crippen molar-refractivity contribution in [2.45, 2.75) is 64.2 Å². The van der Waals surface area contributed by atoms with Crippen LogP contribution in [-0.2, 0) is 0 Å². The van der Waals surface area contributed by atoms with E-state index in [0.717, 1.165) is 11.5 Å². The Hall–Kier alpha value is -1.29. The Morgan fingerprint density at radius 3 is 2.35 bits per heavy atom. The average Bonchev–Trinajstić information content (AvgIpc) is 2.49. The summed E-state index contributed by atoms with van der Waals surface area (Å²) in [6, 6.07) is 8.13. The van der Waals surface area contributed by atoms with Crippen LogP contribution in [0.4, 0.5) is 4.39 Å². The van der Waals surface area contributed by atoms with Crippen molar-refractivity contribution in [3.63, 3.8) is 0 Å².